The van der Waals surface area contributed by atoms with Crippen molar-refractivity contribution in [2.24, 2.45) is 5.41 Å². The van der Waals surface area contributed by atoms with Gasteiger partial charge >= 0.3 is 5.97 Å². The molecule has 1 aliphatic rings. The number of nitrogens with zero attached hydrogens (tertiary/aromatic N) is 1. The van der Waals surface area contributed by atoms with Gasteiger partial charge in [-0.15, -0.1) is 11.3 Å². The third-order valence-corrected chi connectivity index (χ3v) is 7.74. The van der Waals surface area contributed by atoms with Crippen molar-refractivity contribution in [1.82, 2.24) is 4.31 Å². The van der Waals surface area contributed by atoms with Crippen molar-refractivity contribution in [1.29, 1.82) is 0 Å². The fraction of sp³-hybridized carbons (Fsp3) is 0.643. The highest BCUT2D eigenvalue weighted by Crippen LogP contribution is 2.40. The maximum Gasteiger partial charge on any atom is 0.345 e. The number of aryl methyl sites for hydroxylation is 1. The van der Waals surface area contributed by atoms with Crippen LogP contribution in [0.15, 0.2) is 11.0 Å². The fourth-order valence-corrected chi connectivity index (χ4v) is 5.85. The summed E-state index contributed by atoms with van der Waals surface area (Å²) in [6.45, 7) is 6.89. The van der Waals surface area contributed by atoms with Crippen LogP contribution < -0.4 is 0 Å². The molecule has 0 unspecified atom stereocenters. The van der Waals surface area contributed by atoms with E-state index in [4.69, 9.17) is 5.11 Å². The molecule has 1 aliphatic heterocycles. The second kappa shape index (κ2) is 5.70. The average Bonchev–Trinajstić information content (AvgIpc) is 3.03. The smallest absolute Gasteiger partial charge is 0.345 e. The Bertz CT molecular complexity index is 644. The molecule has 0 radical (unpaired) electrons. The quantitative estimate of drug-likeness (QED) is 0.900. The predicted octanol–water partition coefficient (Wildman–Crippen LogP) is 2.96. The first kappa shape index (κ1) is 16.5. The lowest BCUT2D eigenvalue weighted by atomic mass is 9.82. The van der Waals surface area contributed by atoms with E-state index in [2.05, 4.69) is 13.8 Å². The Hall–Kier alpha value is -0.920. The first-order chi connectivity index (χ1) is 9.75. The lowest BCUT2D eigenvalue weighted by Crippen LogP contribution is -2.32. The van der Waals surface area contributed by atoms with Gasteiger partial charge < -0.3 is 5.11 Å². The number of sulfonamides is 1. The van der Waals surface area contributed by atoms with Crippen molar-refractivity contribution in [3.8, 4) is 0 Å². The van der Waals surface area contributed by atoms with Gasteiger partial charge in [-0.3, -0.25) is 0 Å². The van der Waals surface area contributed by atoms with Crippen molar-refractivity contribution in [2.45, 2.75) is 44.9 Å². The van der Waals surface area contributed by atoms with Crippen molar-refractivity contribution in [2.75, 3.05) is 13.1 Å². The van der Waals surface area contributed by atoms with E-state index in [1.165, 1.54) is 10.4 Å². The molecule has 1 N–H and O–H groups in total. The molecule has 0 saturated carbocycles. The molecule has 7 heteroatoms. The number of carboxylic acid groups (broad SMARTS) is 1. The largest absolute Gasteiger partial charge is 0.477 e. The minimum atomic E-state index is -3.59. The minimum Gasteiger partial charge on any atom is -0.477 e. The van der Waals surface area contributed by atoms with E-state index in [0.29, 0.717) is 18.0 Å². The lowest BCUT2D eigenvalue weighted by Gasteiger charge is -2.26. The number of thiophene rings is 1. The average molecular weight is 331 g/mol. The number of carboxylic acids is 1. The molecule has 0 amide bonds. The summed E-state index contributed by atoms with van der Waals surface area (Å²) in [4.78, 5) is 11.8. The zero-order chi connectivity index (χ0) is 15.8. The molecule has 1 saturated heterocycles. The third-order valence-electron chi connectivity index (χ3n) is 4.60. The fourth-order valence-electron chi connectivity index (χ4n) is 2.89. The molecule has 2 rings (SSSR count). The standard InChI is InChI=1S/C14H21NO4S2/c1-4-14(5-2)6-7-15(9-14)21(18,19)12-8-11(13(16)17)20-10(12)3/h8H,4-7,9H2,1-3H3,(H,16,17). The molecule has 0 aliphatic carbocycles. The Kier molecular flexibility index (Phi) is 4.46. The topological polar surface area (TPSA) is 74.7 Å². The van der Waals surface area contributed by atoms with Crippen LogP contribution >= 0.6 is 11.3 Å². The maximum atomic E-state index is 12.8. The number of rotatable bonds is 5. The summed E-state index contributed by atoms with van der Waals surface area (Å²) >= 11 is 1.01. The summed E-state index contributed by atoms with van der Waals surface area (Å²) in [6, 6.07) is 1.29. The Labute approximate surface area is 129 Å². The molecule has 0 atom stereocenters. The zero-order valence-corrected chi connectivity index (χ0v) is 14.2. The number of hydrogen-bond donors (Lipinski definition) is 1. The van der Waals surface area contributed by atoms with Gasteiger partial charge in [0.2, 0.25) is 10.0 Å². The Morgan fingerprint density at radius 1 is 1.43 bits per heavy atom. The molecular weight excluding hydrogens is 310 g/mol. The second-order valence-corrected chi connectivity index (χ2v) is 8.79. The first-order valence-corrected chi connectivity index (χ1v) is 9.35. The number of carbonyl (C=O) groups is 1. The zero-order valence-electron chi connectivity index (χ0n) is 12.5. The molecule has 2 heterocycles. The maximum absolute atomic E-state index is 12.8. The summed E-state index contributed by atoms with van der Waals surface area (Å²) in [5, 5.41) is 9.01. The second-order valence-electron chi connectivity index (χ2n) is 5.63. The van der Waals surface area contributed by atoms with Crippen LogP contribution in [-0.4, -0.2) is 36.9 Å². The van der Waals surface area contributed by atoms with Gasteiger partial charge in [-0.1, -0.05) is 13.8 Å². The van der Waals surface area contributed by atoms with Crippen LogP contribution in [-0.2, 0) is 10.0 Å². The molecule has 21 heavy (non-hydrogen) atoms. The molecule has 118 valence electrons. The van der Waals surface area contributed by atoms with Gasteiger partial charge in [-0.2, -0.15) is 4.31 Å². The van der Waals surface area contributed by atoms with Gasteiger partial charge in [-0.25, -0.2) is 13.2 Å². The Morgan fingerprint density at radius 2 is 2.05 bits per heavy atom. The van der Waals surface area contributed by atoms with E-state index in [9.17, 15) is 13.2 Å². The van der Waals surface area contributed by atoms with E-state index in [1.54, 1.807) is 6.92 Å². The summed E-state index contributed by atoms with van der Waals surface area (Å²) in [6.07, 6.45) is 2.78. The molecule has 1 aromatic heterocycles. The summed E-state index contributed by atoms with van der Waals surface area (Å²) in [5.74, 6) is -1.08. The van der Waals surface area contributed by atoms with Crippen LogP contribution in [0, 0.1) is 12.3 Å². The third kappa shape index (κ3) is 2.86. The van der Waals surface area contributed by atoms with E-state index in [-0.39, 0.29) is 15.2 Å². The lowest BCUT2D eigenvalue weighted by molar-refractivity contribution is 0.0702. The summed E-state index contributed by atoms with van der Waals surface area (Å²) in [5.41, 5.74) is 0.0621. The van der Waals surface area contributed by atoms with E-state index >= 15 is 0 Å². The first-order valence-electron chi connectivity index (χ1n) is 7.09. The van der Waals surface area contributed by atoms with E-state index < -0.39 is 16.0 Å². The van der Waals surface area contributed by atoms with Crippen LogP contribution in [0.3, 0.4) is 0 Å². The van der Waals surface area contributed by atoms with Gasteiger partial charge in [0.1, 0.15) is 4.88 Å². The molecule has 1 aromatic rings. The summed E-state index contributed by atoms with van der Waals surface area (Å²) in [7, 11) is -3.59. The number of hydrogen-bond acceptors (Lipinski definition) is 4. The molecule has 1 fully saturated rings. The van der Waals surface area contributed by atoms with Crippen LogP contribution in [0.2, 0.25) is 0 Å². The van der Waals surface area contributed by atoms with Crippen molar-refractivity contribution in [3.63, 3.8) is 0 Å². The SMILES string of the molecule is CCC1(CC)CCN(S(=O)(=O)c2cc(C(=O)O)sc2C)C1. The monoisotopic (exact) mass is 331 g/mol. The Morgan fingerprint density at radius 3 is 2.48 bits per heavy atom. The van der Waals surface area contributed by atoms with Crippen LogP contribution in [0.4, 0.5) is 0 Å². The molecule has 0 bridgehead atoms. The molecule has 0 aromatic carbocycles. The Balaban J connectivity index is 2.34. The van der Waals surface area contributed by atoms with Gasteiger partial charge in [-0.05, 0) is 37.7 Å². The van der Waals surface area contributed by atoms with Crippen molar-refractivity contribution < 1.29 is 18.3 Å². The van der Waals surface area contributed by atoms with E-state index in [1.807, 2.05) is 0 Å². The van der Waals surface area contributed by atoms with Gasteiger partial charge in [0.15, 0.2) is 0 Å². The van der Waals surface area contributed by atoms with Crippen LogP contribution in [0.25, 0.3) is 0 Å². The van der Waals surface area contributed by atoms with Crippen LogP contribution in [0.5, 0.6) is 0 Å². The number of aromatic carboxylic acids is 1. The van der Waals surface area contributed by atoms with Gasteiger partial charge in [0.05, 0.1) is 4.90 Å². The van der Waals surface area contributed by atoms with Gasteiger partial charge in [0, 0.05) is 18.0 Å². The van der Waals surface area contributed by atoms with E-state index in [0.717, 1.165) is 30.6 Å². The van der Waals surface area contributed by atoms with Crippen LogP contribution in [0.1, 0.15) is 47.7 Å². The van der Waals surface area contributed by atoms with Crippen molar-refractivity contribution in [3.05, 3.63) is 15.8 Å². The highest BCUT2D eigenvalue weighted by atomic mass is 32.2. The highest BCUT2D eigenvalue weighted by molar-refractivity contribution is 7.89. The normalized spacial score (nSPS) is 19.0. The molecular formula is C14H21NO4S2. The summed E-state index contributed by atoms with van der Waals surface area (Å²) < 4.78 is 27.0. The van der Waals surface area contributed by atoms with Gasteiger partial charge in [0.25, 0.3) is 0 Å². The van der Waals surface area contributed by atoms with Crippen molar-refractivity contribution >= 4 is 27.3 Å². The highest BCUT2D eigenvalue weighted by Gasteiger charge is 2.41. The predicted molar refractivity (Wildman–Crippen MR) is 82.4 cm³/mol. The minimum absolute atomic E-state index is 0.0621. The molecule has 5 nitrogen and oxygen atoms in total. The molecule has 0 spiro atoms.